The molecule has 3 N–H and O–H groups in total. The summed E-state index contributed by atoms with van der Waals surface area (Å²) in [5.74, 6) is -0.117. The number of carbonyl (C=O) groups is 3. The van der Waals surface area contributed by atoms with Gasteiger partial charge in [0.05, 0.1) is 17.3 Å². The number of anilines is 2. The summed E-state index contributed by atoms with van der Waals surface area (Å²) in [5.41, 5.74) is 8.97. The van der Waals surface area contributed by atoms with Gasteiger partial charge in [0.25, 0.3) is 11.7 Å². The minimum absolute atomic E-state index is 0. The molecule has 2 aliphatic heterocycles. The minimum atomic E-state index is -0.353. The lowest BCUT2D eigenvalue weighted by Gasteiger charge is -2.29. The van der Waals surface area contributed by atoms with Crippen LogP contribution < -0.4 is 16.0 Å². The normalized spacial score (nSPS) is 16.6. The molecule has 0 spiro atoms. The Morgan fingerprint density at radius 2 is 1.77 bits per heavy atom. The van der Waals surface area contributed by atoms with Crippen LogP contribution in [0.15, 0.2) is 112 Å². The number of carbonyl (C=O) groups excluding carboxylic acids is 3. The molecule has 0 fully saturated rings. The Morgan fingerprint density at radius 3 is 2.45 bits per heavy atom. The number of allylic oxidation sites excluding steroid dienone is 3. The molecule has 5 rings (SSSR count). The summed E-state index contributed by atoms with van der Waals surface area (Å²) in [7, 11) is 1.58. The Morgan fingerprint density at radius 1 is 1.06 bits per heavy atom. The average molecular weight is 759 g/mol. The van der Waals surface area contributed by atoms with Crippen LogP contribution in [0.1, 0.15) is 28.4 Å². The van der Waals surface area contributed by atoms with Gasteiger partial charge in [0.15, 0.2) is 0 Å². The number of nitrogens with zero attached hydrogens (tertiary/aromatic N) is 3. The van der Waals surface area contributed by atoms with Gasteiger partial charge >= 0.3 is 5.91 Å². The molecule has 0 saturated heterocycles. The second-order valence-electron chi connectivity index (χ2n) is 10.3. The Balaban J connectivity index is 0.00000500. The van der Waals surface area contributed by atoms with Crippen LogP contribution in [0.25, 0.3) is 6.08 Å². The highest BCUT2D eigenvalue weighted by atomic mass is 79.9. The van der Waals surface area contributed by atoms with Crippen molar-refractivity contribution in [3.63, 3.8) is 0 Å². The number of ether oxygens (including phenoxy) is 1. The number of nitrogens with one attached hydrogen (secondary N) is 1. The van der Waals surface area contributed by atoms with Crippen molar-refractivity contribution in [3.05, 3.63) is 134 Å². The third-order valence-electron chi connectivity index (χ3n) is 7.41. The maximum Gasteiger partial charge on any atom is 0.355 e. The van der Waals surface area contributed by atoms with Crippen molar-refractivity contribution in [1.29, 1.82) is 0 Å². The highest BCUT2D eigenvalue weighted by Gasteiger charge is 2.51. The third-order valence-corrected chi connectivity index (χ3v) is 9.32. The lowest BCUT2D eigenvalue weighted by Crippen LogP contribution is -2.50. The number of likely N-dealkylation sites (N-methyl/N-ethyl adjacent to an activating group) is 1. The van der Waals surface area contributed by atoms with Gasteiger partial charge in [-0.05, 0) is 67.1 Å². The van der Waals surface area contributed by atoms with E-state index in [4.69, 9.17) is 33.7 Å². The van der Waals surface area contributed by atoms with Gasteiger partial charge in [-0.25, -0.2) is 4.79 Å². The standard InChI is InChI=1S/C34H28BrCl2N5O4.ClH/c1-21-32(35)42(30(44)17-12-22-10-13-24(14-11-22)40-34(45)23-7-4-3-5-8-23)18-6-9-28(33(42)39-21)46-20-25-26(36)15-16-27(31(25)37)41(2)29(43)19-38;/h3-18H,19-20,38H2,1-2H3;1H/p+1. The van der Waals surface area contributed by atoms with Crippen molar-refractivity contribution in [2.75, 3.05) is 23.8 Å². The van der Waals surface area contributed by atoms with E-state index in [0.717, 1.165) is 5.56 Å². The van der Waals surface area contributed by atoms with E-state index >= 15 is 0 Å². The van der Waals surface area contributed by atoms with Crippen LogP contribution in [-0.2, 0) is 20.9 Å². The Labute approximate surface area is 296 Å². The van der Waals surface area contributed by atoms with E-state index in [2.05, 4.69) is 26.2 Å². The van der Waals surface area contributed by atoms with Crippen LogP contribution in [0, 0.1) is 0 Å². The van der Waals surface area contributed by atoms with Gasteiger partial charge in [0.2, 0.25) is 16.3 Å². The molecule has 9 nitrogen and oxygen atoms in total. The second kappa shape index (κ2) is 15.2. The van der Waals surface area contributed by atoms with Crippen molar-refractivity contribution < 1.29 is 23.6 Å². The van der Waals surface area contributed by atoms with E-state index in [1.807, 2.05) is 6.07 Å². The summed E-state index contributed by atoms with van der Waals surface area (Å²) in [6.07, 6.45) is 8.32. The molecule has 2 aliphatic rings. The maximum absolute atomic E-state index is 13.9. The molecule has 242 valence electrons. The summed E-state index contributed by atoms with van der Waals surface area (Å²) in [4.78, 5) is 44.6. The van der Waals surface area contributed by atoms with Crippen molar-refractivity contribution in [1.82, 2.24) is 0 Å². The molecule has 0 aromatic heterocycles. The van der Waals surface area contributed by atoms with E-state index in [-0.39, 0.29) is 52.8 Å². The number of fused-ring (bicyclic) bond motifs is 1. The second-order valence-corrected chi connectivity index (χ2v) is 11.9. The number of amides is 3. The predicted octanol–water partition coefficient (Wildman–Crippen LogP) is 7.57. The highest BCUT2D eigenvalue weighted by Crippen LogP contribution is 2.41. The van der Waals surface area contributed by atoms with E-state index in [0.29, 0.717) is 49.4 Å². The number of aliphatic imine (C=N–C) groups is 1. The first-order chi connectivity index (χ1) is 22.1. The lowest BCUT2D eigenvalue weighted by molar-refractivity contribution is -0.647. The largest absolute Gasteiger partial charge is 0.481 e. The fourth-order valence-corrected chi connectivity index (χ4v) is 6.03. The van der Waals surface area contributed by atoms with E-state index in [1.165, 1.54) is 11.0 Å². The molecule has 2 heterocycles. The first-order valence-corrected chi connectivity index (χ1v) is 15.6. The van der Waals surface area contributed by atoms with E-state index < -0.39 is 0 Å². The van der Waals surface area contributed by atoms with Crippen molar-refractivity contribution in [3.8, 4) is 0 Å². The van der Waals surface area contributed by atoms with Gasteiger partial charge in [-0.15, -0.1) is 16.9 Å². The van der Waals surface area contributed by atoms with Gasteiger partial charge in [0.1, 0.15) is 18.5 Å². The minimum Gasteiger partial charge on any atom is -0.481 e. The quantitative estimate of drug-likeness (QED) is 0.133. The smallest absolute Gasteiger partial charge is 0.355 e. The number of halogens is 4. The fourth-order valence-electron chi connectivity index (χ4n) is 4.87. The average Bonchev–Trinajstić information content (AvgIpc) is 3.34. The van der Waals surface area contributed by atoms with Gasteiger partial charge in [-0.3, -0.25) is 9.59 Å². The number of rotatable bonds is 9. The van der Waals surface area contributed by atoms with Crippen molar-refractivity contribution >= 4 is 92.5 Å². The zero-order chi connectivity index (χ0) is 33.0. The van der Waals surface area contributed by atoms with Gasteiger partial charge in [-0.2, -0.15) is 4.99 Å². The molecule has 1 unspecified atom stereocenters. The molecular formula is C34H30BrCl3N5O4+. The topological polar surface area (TPSA) is 114 Å². The van der Waals surface area contributed by atoms with E-state index in [9.17, 15) is 14.4 Å². The first-order valence-electron chi connectivity index (χ1n) is 14.1. The van der Waals surface area contributed by atoms with Crippen LogP contribution >= 0.6 is 51.5 Å². The van der Waals surface area contributed by atoms with Gasteiger partial charge in [0, 0.05) is 50.9 Å². The van der Waals surface area contributed by atoms with Crippen LogP contribution in [0.4, 0.5) is 11.4 Å². The molecule has 47 heavy (non-hydrogen) atoms. The molecule has 0 aliphatic carbocycles. The SMILES string of the molecule is CC1=C(Br)[N+]2(C(=O)C=Cc3ccc(NC(=O)c4ccccc4)cc3)C=CC=C(OCc3c(Cl)ccc(N(C)C(=O)CN)c3Cl)C2=N1.Cl. The summed E-state index contributed by atoms with van der Waals surface area (Å²) in [6, 6.07) is 19.4. The molecule has 3 amide bonds. The molecule has 3 aromatic carbocycles. The van der Waals surface area contributed by atoms with Crippen LogP contribution in [0.2, 0.25) is 10.0 Å². The fraction of sp³-hybridized carbons (Fsp3) is 0.118. The van der Waals surface area contributed by atoms with E-state index in [1.54, 1.807) is 99.1 Å². The molecule has 0 saturated carbocycles. The van der Waals surface area contributed by atoms with Crippen LogP contribution in [-0.4, -0.2) is 41.6 Å². The Bertz CT molecular complexity index is 1870. The summed E-state index contributed by atoms with van der Waals surface area (Å²) >= 11 is 16.7. The van der Waals surface area contributed by atoms with Crippen molar-refractivity contribution in [2.45, 2.75) is 13.5 Å². The summed E-state index contributed by atoms with van der Waals surface area (Å²) < 4.78 is 6.38. The number of nitrogens with two attached hydrogens (primary N) is 1. The zero-order valence-corrected chi connectivity index (χ0v) is 29.2. The van der Waals surface area contributed by atoms with Gasteiger partial charge in [-0.1, -0.05) is 53.5 Å². The number of hydrogen-bond donors (Lipinski definition) is 2. The molecule has 13 heteroatoms. The first kappa shape index (κ1) is 35.8. The van der Waals surface area contributed by atoms with Crippen LogP contribution in [0.5, 0.6) is 0 Å². The zero-order valence-electron chi connectivity index (χ0n) is 25.2. The molecule has 0 radical (unpaired) electrons. The summed E-state index contributed by atoms with van der Waals surface area (Å²) in [6.45, 7) is 1.56. The Hall–Kier alpha value is -4.03. The Kier molecular flexibility index (Phi) is 11.6. The number of amidine groups is 1. The lowest BCUT2D eigenvalue weighted by atomic mass is 10.1. The number of benzene rings is 3. The van der Waals surface area contributed by atoms with Crippen LogP contribution in [0.3, 0.4) is 0 Å². The van der Waals surface area contributed by atoms with Gasteiger partial charge < -0.3 is 20.7 Å². The number of hydrogen-bond acceptors (Lipinski definition) is 6. The highest BCUT2D eigenvalue weighted by molar-refractivity contribution is 9.11. The van der Waals surface area contributed by atoms with Crippen molar-refractivity contribution in [2.24, 2.45) is 10.7 Å². The molecule has 3 aromatic rings. The summed E-state index contributed by atoms with van der Waals surface area (Å²) in [5, 5.41) is 3.46. The monoisotopic (exact) mass is 756 g/mol. The molecule has 1 atom stereocenters. The molecule has 0 bridgehead atoms. The predicted molar refractivity (Wildman–Crippen MR) is 192 cm³/mol. The molecular weight excluding hydrogens is 729 g/mol. The number of quaternary nitrogens is 1. The maximum atomic E-state index is 13.9. The third kappa shape index (κ3) is 7.28.